The highest BCUT2D eigenvalue weighted by molar-refractivity contribution is 5.88. The van der Waals surface area contributed by atoms with Crippen molar-refractivity contribution in [1.82, 2.24) is 4.98 Å². The topological polar surface area (TPSA) is 75.8 Å². The lowest BCUT2D eigenvalue weighted by Crippen LogP contribution is -2.08. The molecule has 1 heterocycles. The highest BCUT2D eigenvalue weighted by atomic mass is 16.6. The number of aromatic carboxylic acids is 1. The second kappa shape index (κ2) is 5.64. The summed E-state index contributed by atoms with van der Waals surface area (Å²) in [6.07, 6.45) is 0. The largest absolute Gasteiger partial charge is 0.476 e. The van der Waals surface area contributed by atoms with Crippen LogP contribution < -0.4 is 9.64 Å². The van der Waals surface area contributed by atoms with E-state index in [0.29, 0.717) is 12.2 Å². The van der Waals surface area contributed by atoms with Crippen molar-refractivity contribution in [3.05, 3.63) is 30.0 Å². The summed E-state index contributed by atoms with van der Waals surface area (Å²) >= 11 is 0. The number of carboxylic acid groups (broad SMARTS) is 1. The molecule has 0 saturated heterocycles. The van der Waals surface area contributed by atoms with Gasteiger partial charge in [-0.15, -0.1) is 0 Å². The summed E-state index contributed by atoms with van der Waals surface area (Å²) in [5.74, 6) is -1.01. The summed E-state index contributed by atoms with van der Waals surface area (Å²) in [5.41, 5.74) is 1.46. The van der Waals surface area contributed by atoms with Crippen molar-refractivity contribution < 1.29 is 19.1 Å². The van der Waals surface area contributed by atoms with Crippen molar-refractivity contribution in [3.63, 3.8) is 0 Å². The summed E-state index contributed by atoms with van der Waals surface area (Å²) in [7, 11) is 3.84. The molecule has 6 heteroatoms. The molecule has 0 atom stereocenters. The van der Waals surface area contributed by atoms with Gasteiger partial charge in [-0.1, -0.05) is 6.07 Å². The van der Waals surface area contributed by atoms with E-state index in [4.69, 9.17) is 14.3 Å². The van der Waals surface area contributed by atoms with Crippen molar-refractivity contribution in [2.75, 3.05) is 25.6 Å². The zero-order valence-electron chi connectivity index (χ0n) is 11.6. The van der Waals surface area contributed by atoms with E-state index in [9.17, 15) is 4.79 Å². The lowest BCUT2D eigenvalue weighted by atomic mass is 10.2. The van der Waals surface area contributed by atoms with Gasteiger partial charge in [-0.25, -0.2) is 4.79 Å². The number of aromatic nitrogens is 1. The van der Waals surface area contributed by atoms with E-state index in [2.05, 4.69) is 4.98 Å². The molecule has 2 rings (SSSR count). The van der Waals surface area contributed by atoms with Gasteiger partial charge in [-0.3, -0.25) is 0 Å². The van der Waals surface area contributed by atoms with Gasteiger partial charge in [0.15, 0.2) is 0 Å². The maximum atomic E-state index is 11.1. The highest BCUT2D eigenvalue weighted by Crippen LogP contribution is 2.29. The molecule has 1 N–H and O–H groups in total. The number of benzene rings is 1. The third kappa shape index (κ3) is 2.74. The molecule has 0 fully saturated rings. The summed E-state index contributed by atoms with van der Waals surface area (Å²) in [5, 5.41) is 9.08. The minimum absolute atomic E-state index is 0.0646. The number of nitrogens with zero attached hydrogens (tertiary/aromatic N) is 2. The Bertz CT molecular complexity index is 619. The van der Waals surface area contributed by atoms with Gasteiger partial charge in [0.05, 0.1) is 6.61 Å². The first kappa shape index (κ1) is 13.9. The molecule has 0 spiro atoms. The summed E-state index contributed by atoms with van der Waals surface area (Å²) < 4.78 is 10.6. The standard InChI is InChI=1S/C14H16N2O4/c1-4-19-14-11(13(17)18)15-12(20-14)9-6-5-7-10(8-9)16(2)3/h5-8H,4H2,1-3H3,(H,17,18). The van der Waals surface area contributed by atoms with Gasteiger partial charge >= 0.3 is 11.9 Å². The van der Waals surface area contributed by atoms with Gasteiger partial charge < -0.3 is 19.2 Å². The average molecular weight is 276 g/mol. The fraction of sp³-hybridized carbons (Fsp3) is 0.286. The maximum Gasteiger partial charge on any atom is 0.362 e. The van der Waals surface area contributed by atoms with Crippen molar-refractivity contribution in [2.24, 2.45) is 0 Å². The van der Waals surface area contributed by atoms with Crippen LogP contribution in [0, 0.1) is 0 Å². The molecule has 6 nitrogen and oxygen atoms in total. The zero-order valence-corrected chi connectivity index (χ0v) is 11.6. The number of rotatable bonds is 5. The predicted octanol–water partition coefficient (Wildman–Crippen LogP) is 2.50. The molecule has 1 aromatic carbocycles. The quantitative estimate of drug-likeness (QED) is 0.904. The molecule has 0 unspecified atom stereocenters. The number of oxazole rings is 1. The summed E-state index contributed by atoms with van der Waals surface area (Å²) in [4.78, 5) is 17.0. The second-order valence-corrected chi connectivity index (χ2v) is 4.34. The first-order chi connectivity index (χ1) is 9.52. The normalized spacial score (nSPS) is 10.3. The third-order valence-corrected chi connectivity index (χ3v) is 2.68. The Hall–Kier alpha value is -2.50. The Balaban J connectivity index is 2.45. The number of hydrogen-bond donors (Lipinski definition) is 1. The number of ether oxygens (including phenoxy) is 1. The Morgan fingerprint density at radius 3 is 2.80 bits per heavy atom. The van der Waals surface area contributed by atoms with E-state index in [-0.39, 0.29) is 17.5 Å². The minimum atomic E-state index is -1.17. The van der Waals surface area contributed by atoms with Gasteiger partial charge in [0.1, 0.15) is 0 Å². The van der Waals surface area contributed by atoms with E-state index < -0.39 is 5.97 Å². The van der Waals surface area contributed by atoms with Crippen LogP contribution in [-0.2, 0) is 0 Å². The van der Waals surface area contributed by atoms with E-state index >= 15 is 0 Å². The van der Waals surface area contributed by atoms with Crippen LogP contribution in [-0.4, -0.2) is 36.8 Å². The van der Waals surface area contributed by atoms with E-state index in [1.807, 2.05) is 37.2 Å². The van der Waals surface area contributed by atoms with Crippen molar-refractivity contribution in [3.8, 4) is 17.4 Å². The lowest BCUT2D eigenvalue weighted by Gasteiger charge is -2.12. The van der Waals surface area contributed by atoms with E-state index in [1.54, 1.807) is 13.0 Å². The maximum absolute atomic E-state index is 11.1. The average Bonchev–Trinajstić information content (AvgIpc) is 2.83. The minimum Gasteiger partial charge on any atom is -0.476 e. The van der Waals surface area contributed by atoms with E-state index in [1.165, 1.54) is 0 Å². The van der Waals surface area contributed by atoms with Crippen molar-refractivity contribution in [1.29, 1.82) is 0 Å². The molecule has 1 aromatic heterocycles. The fourth-order valence-corrected chi connectivity index (χ4v) is 1.71. The molecule has 2 aromatic rings. The molecule has 0 bridgehead atoms. The first-order valence-corrected chi connectivity index (χ1v) is 6.17. The summed E-state index contributed by atoms with van der Waals surface area (Å²) in [6.45, 7) is 2.06. The predicted molar refractivity (Wildman–Crippen MR) is 74.4 cm³/mol. The number of hydrogen-bond acceptors (Lipinski definition) is 5. The molecule has 106 valence electrons. The molecule has 0 aliphatic heterocycles. The van der Waals surface area contributed by atoms with Gasteiger partial charge in [0, 0.05) is 25.3 Å². The fourth-order valence-electron chi connectivity index (χ4n) is 1.71. The molecular weight excluding hydrogens is 260 g/mol. The van der Waals surface area contributed by atoms with Crippen LogP contribution in [0.15, 0.2) is 28.7 Å². The number of carboxylic acids is 1. The van der Waals surface area contributed by atoms with Crippen LogP contribution in [0.1, 0.15) is 17.4 Å². The molecular formula is C14H16N2O4. The molecule has 0 aliphatic rings. The zero-order chi connectivity index (χ0) is 14.7. The molecule has 0 aliphatic carbocycles. The Morgan fingerprint density at radius 1 is 1.45 bits per heavy atom. The van der Waals surface area contributed by atoms with Gasteiger partial charge in [0.25, 0.3) is 0 Å². The Kier molecular flexibility index (Phi) is 3.93. The van der Waals surface area contributed by atoms with Gasteiger partial charge in [-0.05, 0) is 25.1 Å². The summed E-state index contributed by atoms with van der Waals surface area (Å²) in [6, 6.07) is 7.47. The van der Waals surface area contributed by atoms with Crippen LogP contribution in [0.25, 0.3) is 11.5 Å². The van der Waals surface area contributed by atoms with Crippen molar-refractivity contribution >= 4 is 11.7 Å². The van der Waals surface area contributed by atoms with Crippen LogP contribution in [0.5, 0.6) is 5.95 Å². The number of anilines is 1. The van der Waals surface area contributed by atoms with Crippen LogP contribution in [0.2, 0.25) is 0 Å². The van der Waals surface area contributed by atoms with Crippen LogP contribution in [0.4, 0.5) is 5.69 Å². The first-order valence-electron chi connectivity index (χ1n) is 6.17. The highest BCUT2D eigenvalue weighted by Gasteiger charge is 2.21. The lowest BCUT2D eigenvalue weighted by molar-refractivity contribution is 0.0683. The molecule has 0 radical (unpaired) electrons. The van der Waals surface area contributed by atoms with Gasteiger partial charge in [-0.2, -0.15) is 4.98 Å². The second-order valence-electron chi connectivity index (χ2n) is 4.34. The SMILES string of the molecule is CCOc1oc(-c2cccc(N(C)C)c2)nc1C(=O)O. The van der Waals surface area contributed by atoms with Crippen LogP contribution in [0.3, 0.4) is 0 Å². The van der Waals surface area contributed by atoms with E-state index in [0.717, 1.165) is 5.69 Å². The Labute approximate surface area is 116 Å². The molecule has 0 saturated carbocycles. The Morgan fingerprint density at radius 2 is 2.20 bits per heavy atom. The third-order valence-electron chi connectivity index (χ3n) is 2.68. The molecule has 0 amide bonds. The smallest absolute Gasteiger partial charge is 0.362 e. The monoisotopic (exact) mass is 276 g/mol. The molecule has 20 heavy (non-hydrogen) atoms. The van der Waals surface area contributed by atoms with Crippen LogP contribution >= 0.6 is 0 Å². The van der Waals surface area contributed by atoms with Gasteiger partial charge in [0.2, 0.25) is 11.6 Å². The van der Waals surface area contributed by atoms with Crippen molar-refractivity contribution in [2.45, 2.75) is 6.92 Å². The number of carbonyl (C=O) groups is 1.